The maximum atomic E-state index is 10.9. The van der Waals surface area contributed by atoms with Gasteiger partial charge in [-0.1, -0.05) is 6.58 Å². The van der Waals surface area contributed by atoms with E-state index < -0.39 is 0 Å². The second-order valence-electron chi connectivity index (χ2n) is 1.89. The number of nitrogens with one attached hydrogen (secondary N) is 2. The lowest BCUT2D eigenvalue weighted by Gasteiger charge is -2.19. The standard InChI is InChI=1S/C5H8N2OS/c1-3-5(8)4(2)7-9-6-3/h4,6-7H,1H2,2H3. The zero-order chi connectivity index (χ0) is 6.85. The van der Waals surface area contributed by atoms with Gasteiger partial charge in [0, 0.05) is 12.1 Å². The Hall–Kier alpha value is -0.480. The third-order valence-electron chi connectivity index (χ3n) is 1.10. The first-order chi connectivity index (χ1) is 4.22. The quantitative estimate of drug-likeness (QED) is 0.377. The van der Waals surface area contributed by atoms with Gasteiger partial charge in [0.2, 0.25) is 0 Å². The average Bonchev–Trinajstić information content (AvgIpc) is 1.83. The van der Waals surface area contributed by atoms with Gasteiger partial charge >= 0.3 is 0 Å². The van der Waals surface area contributed by atoms with E-state index in [4.69, 9.17) is 0 Å². The van der Waals surface area contributed by atoms with Crippen molar-refractivity contribution in [1.82, 2.24) is 9.44 Å². The molecule has 0 aliphatic carbocycles. The van der Waals surface area contributed by atoms with E-state index in [0.29, 0.717) is 5.70 Å². The van der Waals surface area contributed by atoms with Gasteiger partial charge in [0.25, 0.3) is 0 Å². The van der Waals surface area contributed by atoms with Gasteiger partial charge in [-0.15, -0.1) is 0 Å². The molecule has 1 rings (SSSR count). The SMILES string of the molecule is C=C1NSNC(C)C1=O. The van der Waals surface area contributed by atoms with Crippen LogP contribution in [0.3, 0.4) is 0 Å². The van der Waals surface area contributed by atoms with E-state index in [-0.39, 0.29) is 11.8 Å². The van der Waals surface area contributed by atoms with Crippen LogP contribution < -0.4 is 9.44 Å². The molecule has 1 saturated heterocycles. The van der Waals surface area contributed by atoms with Crippen LogP contribution in [0.25, 0.3) is 0 Å². The predicted molar refractivity (Wildman–Crippen MR) is 37.5 cm³/mol. The third kappa shape index (κ3) is 1.25. The van der Waals surface area contributed by atoms with Gasteiger partial charge in [0.05, 0.1) is 11.7 Å². The first kappa shape index (κ1) is 6.64. The number of carbonyl (C=O) groups excluding carboxylic acids is 1. The Kier molecular flexibility index (Phi) is 1.78. The Labute approximate surface area is 58.2 Å². The van der Waals surface area contributed by atoms with Crippen molar-refractivity contribution >= 4 is 17.9 Å². The largest absolute Gasteiger partial charge is 0.314 e. The van der Waals surface area contributed by atoms with Gasteiger partial charge in [-0.05, 0) is 6.92 Å². The van der Waals surface area contributed by atoms with Crippen LogP contribution in [-0.2, 0) is 4.79 Å². The molecule has 0 amide bonds. The van der Waals surface area contributed by atoms with Crippen LogP contribution in [0.2, 0.25) is 0 Å². The van der Waals surface area contributed by atoms with E-state index >= 15 is 0 Å². The lowest BCUT2D eigenvalue weighted by atomic mass is 10.2. The van der Waals surface area contributed by atoms with Crippen molar-refractivity contribution in [2.24, 2.45) is 0 Å². The molecule has 4 heteroatoms. The minimum atomic E-state index is -0.108. The van der Waals surface area contributed by atoms with Crippen molar-refractivity contribution in [3.8, 4) is 0 Å². The number of hydrogen-bond donors (Lipinski definition) is 2. The molecule has 1 unspecified atom stereocenters. The molecule has 50 valence electrons. The fourth-order valence-electron chi connectivity index (χ4n) is 0.545. The van der Waals surface area contributed by atoms with Crippen LogP contribution in [0.15, 0.2) is 12.3 Å². The molecule has 3 nitrogen and oxygen atoms in total. The molecule has 1 heterocycles. The summed E-state index contributed by atoms with van der Waals surface area (Å²) in [5, 5.41) is 0. The van der Waals surface area contributed by atoms with E-state index in [2.05, 4.69) is 16.0 Å². The summed E-state index contributed by atoms with van der Waals surface area (Å²) in [4.78, 5) is 10.9. The maximum Gasteiger partial charge on any atom is 0.196 e. The van der Waals surface area contributed by atoms with E-state index in [1.54, 1.807) is 6.92 Å². The average molecular weight is 144 g/mol. The van der Waals surface area contributed by atoms with Crippen molar-refractivity contribution in [3.63, 3.8) is 0 Å². The second-order valence-corrected chi connectivity index (χ2v) is 2.53. The highest BCUT2D eigenvalue weighted by Crippen LogP contribution is 2.06. The lowest BCUT2D eigenvalue weighted by Crippen LogP contribution is -2.40. The summed E-state index contributed by atoms with van der Waals surface area (Å²) >= 11 is 1.29. The molecule has 1 fully saturated rings. The Morgan fingerprint density at radius 2 is 2.44 bits per heavy atom. The van der Waals surface area contributed by atoms with Crippen LogP contribution in [0.1, 0.15) is 6.92 Å². The topological polar surface area (TPSA) is 41.1 Å². The monoisotopic (exact) mass is 144 g/mol. The minimum absolute atomic E-state index is 0.0359. The summed E-state index contributed by atoms with van der Waals surface area (Å²) in [5.41, 5.74) is 0.478. The van der Waals surface area contributed by atoms with Crippen molar-refractivity contribution < 1.29 is 4.79 Å². The normalized spacial score (nSPS) is 27.9. The van der Waals surface area contributed by atoms with Gasteiger partial charge in [-0.3, -0.25) is 4.79 Å². The maximum absolute atomic E-state index is 10.9. The summed E-state index contributed by atoms with van der Waals surface area (Å²) in [6, 6.07) is -0.108. The molecule has 1 aliphatic rings. The molecular formula is C5H8N2OS. The molecule has 0 bridgehead atoms. The van der Waals surface area contributed by atoms with E-state index in [1.165, 1.54) is 12.1 Å². The lowest BCUT2D eigenvalue weighted by molar-refractivity contribution is -0.117. The molecule has 0 aromatic rings. The van der Waals surface area contributed by atoms with Gasteiger partial charge < -0.3 is 4.72 Å². The Bertz CT molecular complexity index is 157. The molecule has 2 N–H and O–H groups in total. The highest BCUT2D eigenvalue weighted by molar-refractivity contribution is 7.95. The second kappa shape index (κ2) is 2.41. The molecule has 0 aromatic carbocycles. The first-order valence-corrected chi connectivity index (χ1v) is 3.44. The van der Waals surface area contributed by atoms with Crippen LogP contribution in [0.5, 0.6) is 0 Å². The molecule has 1 aliphatic heterocycles. The summed E-state index contributed by atoms with van der Waals surface area (Å²) < 4.78 is 5.58. The number of ketones is 1. The van der Waals surface area contributed by atoms with Crippen molar-refractivity contribution in [3.05, 3.63) is 12.3 Å². The van der Waals surface area contributed by atoms with Crippen molar-refractivity contribution in [2.45, 2.75) is 13.0 Å². The molecule has 0 saturated carbocycles. The van der Waals surface area contributed by atoms with Crippen LogP contribution in [-0.4, -0.2) is 11.8 Å². The van der Waals surface area contributed by atoms with Crippen molar-refractivity contribution in [1.29, 1.82) is 0 Å². The molecule has 0 radical (unpaired) electrons. The van der Waals surface area contributed by atoms with E-state index in [1.807, 2.05) is 0 Å². The van der Waals surface area contributed by atoms with Gasteiger partial charge in [0.1, 0.15) is 0 Å². The van der Waals surface area contributed by atoms with Gasteiger partial charge in [0.15, 0.2) is 5.78 Å². The van der Waals surface area contributed by atoms with E-state index in [9.17, 15) is 4.79 Å². The Balaban J connectivity index is 2.62. The smallest absolute Gasteiger partial charge is 0.196 e. The van der Waals surface area contributed by atoms with Gasteiger partial charge in [-0.25, -0.2) is 4.72 Å². The minimum Gasteiger partial charge on any atom is -0.314 e. The summed E-state index contributed by atoms with van der Waals surface area (Å²) in [6.45, 7) is 5.33. The Morgan fingerprint density at radius 1 is 1.78 bits per heavy atom. The van der Waals surface area contributed by atoms with Crippen LogP contribution in [0, 0.1) is 0 Å². The number of Topliss-reactive ketones (excluding diaryl/α,β-unsaturated/α-hetero) is 1. The van der Waals surface area contributed by atoms with Gasteiger partial charge in [-0.2, -0.15) is 0 Å². The summed E-state index contributed by atoms with van der Waals surface area (Å²) in [7, 11) is 0. The third-order valence-corrected chi connectivity index (χ3v) is 1.92. The van der Waals surface area contributed by atoms with E-state index in [0.717, 1.165) is 0 Å². The highest BCUT2D eigenvalue weighted by atomic mass is 32.2. The molecule has 0 aromatic heterocycles. The fourth-order valence-corrected chi connectivity index (χ4v) is 1.11. The van der Waals surface area contributed by atoms with Crippen LogP contribution >= 0.6 is 12.1 Å². The summed E-state index contributed by atoms with van der Waals surface area (Å²) in [6.07, 6.45) is 0. The number of rotatable bonds is 0. The molecule has 9 heavy (non-hydrogen) atoms. The zero-order valence-corrected chi connectivity index (χ0v) is 5.92. The molecular weight excluding hydrogens is 136 g/mol. The predicted octanol–water partition coefficient (Wildman–Crippen LogP) is 0.214. The Morgan fingerprint density at radius 3 is 2.89 bits per heavy atom. The number of carbonyl (C=O) groups is 1. The van der Waals surface area contributed by atoms with Crippen LogP contribution in [0.4, 0.5) is 0 Å². The fraction of sp³-hybridized carbons (Fsp3) is 0.400. The number of hydrogen-bond acceptors (Lipinski definition) is 4. The zero-order valence-electron chi connectivity index (χ0n) is 5.10. The molecule has 1 atom stereocenters. The van der Waals surface area contributed by atoms with Crippen molar-refractivity contribution in [2.75, 3.05) is 0 Å². The highest BCUT2D eigenvalue weighted by Gasteiger charge is 2.20. The molecule has 0 spiro atoms. The summed E-state index contributed by atoms with van der Waals surface area (Å²) in [5.74, 6) is 0.0359. The first-order valence-electron chi connectivity index (χ1n) is 2.62.